The first-order chi connectivity index (χ1) is 39.0. The van der Waals surface area contributed by atoms with Gasteiger partial charge in [0.05, 0.1) is 27.7 Å². The standard InChI is InChI=1S/C70H136NO8P/c1-6-8-10-12-14-16-18-20-22-24-26-28-29-30-31-32-33-34-35-36-37-38-39-40-41-43-45-47-49-51-53-55-57-59-61-63-70(73)79-68(67-78-80(74,75)77-65-64-71(3,4)5)66-76-69(72)62-60-58-56-54-52-50-48-46-44-42-27-25-23-21-19-17-15-13-11-9-7-2/h18,20,24,26,68H,6-17,19,21-23,25,27-67H2,1-5H3/b20-18-,26-24-. The number of carbonyl (C=O) groups is 2. The summed E-state index contributed by atoms with van der Waals surface area (Å²) in [4.78, 5) is 38.0. The first kappa shape index (κ1) is 78.5. The van der Waals surface area contributed by atoms with E-state index in [4.69, 9.17) is 18.5 Å². The molecule has 0 aromatic rings. The maximum Gasteiger partial charge on any atom is 0.306 e. The maximum absolute atomic E-state index is 12.9. The molecule has 9 nitrogen and oxygen atoms in total. The van der Waals surface area contributed by atoms with Gasteiger partial charge in [-0.3, -0.25) is 14.2 Å². The molecule has 0 aliphatic heterocycles. The smallest absolute Gasteiger partial charge is 0.306 e. The van der Waals surface area contributed by atoms with Crippen LogP contribution in [0.5, 0.6) is 0 Å². The minimum absolute atomic E-state index is 0.0264. The summed E-state index contributed by atoms with van der Waals surface area (Å²) in [6.45, 7) is 4.31. The van der Waals surface area contributed by atoms with Crippen LogP contribution in [0.2, 0.25) is 0 Å². The molecule has 0 saturated carbocycles. The van der Waals surface area contributed by atoms with Crippen LogP contribution in [0.25, 0.3) is 0 Å². The summed E-state index contributed by atoms with van der Waals surface area (Å²) < 4.78 is 34.3. The number of likely N-dealkylation sites (N-methyl/N-ethyl adjacent to an activating group) is 1. The van der Waals surface area contributed by atoms with E-state index in [-0.39, 0.29) is 32.0 Å². The van der Waals surface area contributed by atoms with E-state index in [0.29, 0.717) is 17.4 Å². The summed E-state index contributed by atoms with van der Waals surface area (Å²) in [6, 6.07) is 0. The molecule has 0 aromatic carbocycles. The molecule has 0 aliphatic rings. The average molecular weight is 1150 g/mol. The summed E-state index contributed by atoms with van der Waals surface area (Å²) in [5.41, 5.74) is 0. The van der Waals surface area contributed by atoms with Gasteiger partial charge in [0.15, 0.2) is 6.10 Å². The first-order valence-electron chi connectivity index (χ1n) is 35.0. The molecule has 0 radical (unpaired) electrons. The number of allylic oxidation sites excluding steroid dienone is 4. The molecule has 0 heterocycles. The fraction of sp³-hybridized carbons (Fsp3) is 0.914. The summed E-state index contributed by atoms with van der Waals surface area (Å²) in [6.07, 6.45) is 77.0. The summed E-state index contributed by atoms with van der Waals surface area (Å²) in [7, 11) is 1.19. The number of phosphoric acid groups is 1. The predicted octanol–water partition coefficient (Wildman–Crippen LogP) is 21.9. The molecule has 0 rings (SSSR count). The van der Waals surface area contributed by atoms with Crippen molar-refractivity contribution >= 4 is 19.8 Å². The number of quaternary nitrogens is 1. The SMILES string of the molecule is CCCCCCC/C=C\C/C=C\CCCCCCCCCCCCCCCCCCCCCCCCCC(=O)OC(COC(=O)CCCCCCCCCCCCCCCCCCCCCCC)COP(=O)([O-])OCC[N+](C)(C)C. The normalized spacial score (nSPS) is 13.2. The number of hydrogen-bond donors (Lipinski definition) is 0. The van der Waals surface area contributed by atoms with Gasteiger partial charge in [0, 0.05) is 12.8 Å². The molecular formula is C70H136NO8P. The van der Waals surface area contributed by atoms with Crippen LogP contribution < -0.4 is 4.89 Å². The summed E-state index contributed by atoms with van der Waals surface area (Å²) >= 11 is 0. The Hall–Kier alpha value is -1.51. The van der Waals surface area contributed by atoms with Gasteiger partial charge in [-0.2, -0.15) is 0 Å². The Balaban J connectivity index is 3.95. The van der Waals surface area contributed by atoms with E-state index in [0.717, 1.165) is 38.5 Å². The quantitative estimate of drug-likeness (QED) is 0.0195. The van der Waals surface area contributed by atoms with Crippen LogP contribution >= 0.6 is 7.82 Å². The molecule has 2 unspecified atom stereocenters. The Bertz CT molecular complexity index is 1400. The number of nitrogens with zero attached hydrogens (tertiary/aromatic N) is 1. The molecule has 0 aromatic heterocycles. The summed E-state index contributed by atoms with van der Waals surface area (Å²) in [5, 5.41) is 0. The molecule has 0 fully saturated rings. The van der Waals surface area contributed by atoms with Crippen LogP contribution in [-0.4, -0.2) is 70.0 Å². The minimum atomic E-state index is -4.63. The van der Waals surface area contributed by atoms with Gasteiger partial charge in [0.2, 0.25) is 0 Å². The highest BCUT2D eigenvalue weighted by Crippen LogP contribution is 2.38. The van der Waals surface area contributed by atoms with E-state index in [9.17, 15) is 19.0 Å². The second-order valence-electron chi connectivity index (χ2n) is 25.3. The lowest BCUT2D eigenvalue weighted by Gasteiger charge is -2.28. The molecule has 0 amide bonds. The molecule has 474 valence electrons. The Kier molecular flexibility index (Phi) is 60.9. The molecule has 2 atom stereocenters. The number of rotatable bonds is 66. The van der Waals surface area contributed by atoms with Gasteiger partial charge in [-0.05, 0) is 44.9 Å². The van der Waals surface area contributed by atoms with Crippen LogP contribution in [0, 0.1) is 0 Å². The molecule has 0 spiro atoms. The molecular weight excluding hydrogens is 1010 g/mol. The highest BCUT2D eigenvalue weighted by molar-refractivity contribution is 7.45. The van der Waals surface area contributed by atoms with Gasteiger partial charge >= 0.3 is 11.9 Å². The zero-order valence-electron chi connectivity index (χ0n) is 54.1. The predicted molar refractivity (Wildman–Crippen MR) is 342 cm³/mol. The van der Waals surface area contributed by atoms with Gasteiger partial charge in [-0.15, -0.1) is 0 Å². The topological polar surface area (TPSA) is 111 Å². The molecule has 10 heteroatoms. The van der Waals surface area contributed by atoms with Crippen molar-refractivity contribution in [2.24, 2.45) is 0 Å². The van der Waals surface area contributed by atoms with Gasteiger partial charge in [0.1, 0.15) is 19.8 Å². The minimum Gasteiger partial charge on any atom is -0.756 e. The molecule has 0 aliphatic carbocycles. The number of carbonyl (C=O) groups excluding carboxylic acids is 2. The van der Waals surface area contributed by atoms with Gasteiger partial charge in [-0.25, -0.2) is 0 Å². The Morgan fingerprint density at radius 2 is 0.675 bits per heavy atom. The second kappa shape index (κ2) is 62.0. The van der Waals surface area contributed by atoms with Gasteiger partial charge in [-0.1, -0.05) is 327 Å². The van der Waals surface area contributed by atoms with E-state index < -0.39 is 26.5 Å². The summed E-state index contributed by atoms with van der Waals surface area (Å²) in [5.74, 6) is -0.808. The fourth-order valence-corrected chi connectivity index (χ4v) is 11.3. The lowest BCUT2D eigenvalue weighted by molar-refractivity contribution is -0.870. The molecule has 80 heavy (non-hydrogen) atoms. The van der Waals surface area contributed by atoms with Crippen molar-refractivity contribution in [2.75, 3.05) is 47.5 Å². The van der Waals surface area contributed by atoms with E-state index >= 15 is 0 Å². The number of phosphoric ester groups is 1. The van der Waals surface area contributed by atoms with Crippen LogP contribution in [0.4, 0.5) is 0 Å². The zero-order valence-corrected chi connectivity index (χ0v) is 55.0. The van der Waals surface area contributed by atoms with Crippen molar-refractivity contribution in [1.29, 1.82) is 0 Å². The van der Waals surface area contributed by atoms with Gasteiger partial charge in [0.25, 0.3) is 7.82 Å². The van der Waals surface area contributed by atoms with Crippen molar-refractivity contribution < 1.29 is 42.1 Å². The average Bonchev–Trinajstić information content (AvgIpc) is 3.42. The van der Waals surface area contributed by atoms with Crippen molar-refractivity contribution in [3.05, 3.63) is 24.3 Å². The first-order valence-corrected chi connectivity index (χ1v) is 36.5. The number of unbranched alkanes of at least 4 members (excludes halogenated alkanes) is 48. The largest absolute Gasteiger partial charge is 0.756 e. The van der Waals surface area contributed by atoms with E-state index in [2.05, 4.69) is 38.2 Å². The zero-order chi connectivity index (χ0) is 58.4. The number of esters is 2. The van der Waals surface area contributed by atoms with E-state index in [1.807, 2.05) is 21.1 Å². The monoisotopic (exact) mass is 1150 g/mol. The highest BCUT2D eigenvalue weighted by atomic mass is 31.2. The fourth-order valence-electron chi connectivity index (χ4n) is 10.6. The number of ether oxygens (including phenoxy) is 2. The third kappa shape index (κ3) is 65.6. The Morgan fingerprint density at radius 1 is 0.388 bits per heavy atom. The Morgan fingerprint density at radius 3 is 0.988 bits per heavy atom. The van der Waals surface area contributed by atoms with Crippen molar-refractivity contribution in [3.63, 3.8) is 0 Å². The molecule has 0 saturated heterocycles. The van der Waals surface area contributed by atoms with E-state index in [1.165, 1.54) is 289 Å². The Labute approximate surface area is 498 Å². The van der Waals surface area contributed by atoms with E-state index in [1.54, 1.807) is 0 Å². The van der Waals surface area contributed by atoms with Crippen LogP contribution in [0.3, 0.4) is 0 Å². The van der Waals surface area contributed by atoms with Crippen molar-refractivity contribution in [3.8, 4) is 0 Å². The van der Waals surface area contributed by atoms with Crippen LogP contribution in [0.15, 0.2) is 24.3 Å². The maximum atomic E-state index is 12.9. The lowest BCUT2D eigenvalue weighted by Crippen LogP contribution is -2.37. The third-order valence-corrected chi connectivity index (χ3v) is 16.9. The second-order valence-corrected chi connectivity index (χ2v) is 26.7. The molecule has 0 bridgehead atoms. The van der Waals surface area contributed by atoms with Crippen LogP contribution in [-0.2, 0) is 32.7 Å². The van der Waals surface area contributed by atoms with Gasteiger partial charge < -0.3 is 27.9 Å². The third-order valence-electron chi connectivity index (χ3n) is 16.0. The highest BCUT2D eigenvalue weighted by Gasteiger charge is 2.22. The van der Waals surface area contributed by atoms with Crippen molar-refractivity contribution in [2.45, 2.75) is 367 Å². The molecule has 0 N–H and O–H groups in total. The number of hydrogen-bond acceptors (Lipinski definition) is 8. The van der Waals surface area contributed by atoms with Crippen molar-refractivity contribution in [1.82, 2.24) is 0 Å². The lowest BCUT2D eigenvalue weighted by atomic mass is 10.0. The van der Waals surface area contributed by atoms with Crippen LogP contribution in [0.1, 0.15) is 361 Å².